The quantitative estimate of drug-likeness (QED) is 0.414. The van der Waals surface area contributed by atoms with Crippen molar-refractivity contribution < 1.29 is 9.47 Å². The molecule has 0 radical (unpaired) electrons. The summed E-state index contributed by atoms with van der Waals surface area (Å²) in [5, 5.41) is 6.96. The number of hydrogen-bond donors (Lipinski definition) is 2. The maximum absolute atomic E-state index is 5.94. The molecular formula is C20H31N3O2S. The Kier molecular flexibility index (Phi) is 7.08. The summed E-state index contributed by atoms with van der Waals surface area (Å²) in [7, 11) is 1.72. The average Bonchev–Trinajstić information content (AvgIpc) is 3.28. The van der Waals surface area contributed by atoms with Gasteiger partial charge < -0.3 is 20.1 Å². The molecule has 26 heavy (non-hydrogen) atoms. The topological polar surface area (TPSA) is 54.9 Å². The number of guanidine groups is 1. The summed E-state index contributed by atoms with van der Waals surface area (Å²) in [4.78, 5) is 6.00. The Morgan fingerprint density at radius 3 is 2.92 bits per heavy atom. The summed E-state index contributed by atoms with van der Waals surface area (Å²) in [6, 6.07) is 8.59. The van der Waals surface area contributed by atoms with Crippen LogP contribution in [-0.2, 0) is 4.74 Å². The van der Waals surface area contributed by atoms with E-state index in [1.165, 1.54) is 17.7 Å². The van der Waals surface area contributed by atoms with Crippen LogP contribution in [0.1, 0.15) is 33.1 Å². The third-order valence-electron chi connectivity index (χ3n) is 4.93. The molecule has 1 aromatic carbocycles. The number of rotatable bonds is 8. The number of nitrogens with one attached hydrogen (secondary N) is 2. The van der Waals surface area contributed by atoms with E-state index in [0.717, 1.165) is 37.0 Å². The highest BCUT2D eigenvalue weighted by Gasteiger charge is 2.41. The summed E-state index contributed by atoms with van der Waals surface area (Å²) in [5.74, 6) is 3.36. The van der Waals surface area contributed by atoms with Gasteiger partial charge in [-0.2, -0.15) is 0 Å². The van der Waals surface area contributed by atoms with Crippen LogP contribution in [0.2, 0.25) is 0 Å². The molecule has 0 aromatic heterocycles. The van der Waals surface area contributed by atoms with Gasteiger partial charge in [-0.05, 0) is 44.2 Å². The predicted octanol–water partition coefficient (Wildman–Crippen LogP) is 3.30. The molecule has 2 bridgehead atoms. The first-order valence-electron chi connectivity index (χ1n) is 9.65. The molecule has 6 heteroatoms. The van der Waals surface area contributed by atoms with Crippen LogP contribution in [0, 0.1) is 5.92 Å². The van der Waals surface area contributed by atoms with Crippen LogP contribution in [0.4, 0.5) is 0 Å². The number of aliphatic imine (C=N–C) groups is 1. The van der Waals surface area contributed by atoms with Gasteiger partial charge >= 0.3 is 0 Å². The average molecular weight is 378 g/mol. The van der Waals surface area contributed by atoms with Crippen LogP contribution in [0.25, 0.3) is 0 Å². The highest BCUT2D eigenvalue weighted by Crippen LogP contribution is 2.34. The number of thioether (sulfide) groups is 1. The maximum Gasteiger partial charge on any atom is 0.191 e. The van der Waals surface area contributed by atoms with E-state index in [2.05, 4.69) is 36.6 Å². The minimum absolute atomic E-state index is 0.363. The molecule has 0 spiro atoms. The van der Waals surface area contributed by atoms with E-state index in [1.807, 2.05) is 23.9 Å². The minimum Gasteiger partial charge on any atom is -0.496 e. The standard InChI is InChI=1S/C20H31N3O2S/c1-4-21-20(23-16-11-15-9-10-17(16)25-15)22-12-14(2)13-26-19-8-6-5-7-18(19)24-3/h5-8,14-17H,4,9-13H2,1-3H3,(H2,21,22,23). The fraction of sp³-hybridized carbons (Fsp3) is 0.650. The lowest BCUT2D eigenvalue weighted by atomic mass is 9.96. The molecule has 1 aromatic rings. The molecule has 2 aliphatic rings. The molecular weight excluding hydrogens is 346 g/mol. The lowest BCUT2D eigenvalue weighted by Crippen LogP contribution is -2.47. The SMILES string of the molecule is CCNC(=NCC(C)CSc1ccccc1OC)NC1CC2CCC1O2. The number of ether oxygens (including phenoxy) is 2. The first-order chi connectivity index (χ1) is 12.7. The summed E-state index contributed by atoms with van der Waals surface area (Å²) in [6.45, 7) is 6.03. The molecule has 2 fully saturated rings. The van der Waals surface area contributed by atoms with Gasteiger partial charge in [0.15, 0.2) is 5.96 Å². The summed E-state index contributed by atoms with van der Waals surface area (Å²) in [6.07, 6.45) is 4.31. The third kappa shape index (κ3) is 5.07. The van der Waals surface area contributed by atoms with Crippen molar-refractivity contribution in [1.82, 2.24) is 10.6 Å². The normalized spacial score (nSPS) is 26.0. The molecule has 4 atom stereocenters. The highest BCUT2D eigenvalue weighted by molar-refractivity contribution is 7.99. The minimum atomic E-state index is 0.363. The van der Waals surface area contributed by atoms with E-state index < -0.39 is 0 Å². The van der Waals surface area contributed by atoms with Crippen molar-refractivity contribution in [2.24, 2.45) is 10.9 Å². The number of hydrogen-bond acceptors (Lipinski definition) is 4. The highest BCUT2D eigenvalue weighted by atomic mass is 32.2. The first-order valence-corrected chi connectivity index (χ1v) is 10.6. The Morgan fingerprint density at radius 2 is 2.23 bits per heavy atom. The monoisotopic (exact) mass is 377 g/mol. The van der Waals surface area contributed by atoms with Gasteiger partial charge in [-0.15, -0.1) is 11.8 Å². The van der Waals surface area contributed by atoms with Crippen LogP contribution in [0.3, 0.4) is 0 Å². The second-order valence-corrected chi connectivity index (χ2v) is 8.21. The van der Waals surface area contributed by atoms with E-state index in [1.54, 1.807) is 7.11 Å². The second-order valence-electron chi connectivity index (χ2n) is 7.15. The maximum atomic E-state index is 5.94. The Bertz CT molecular complexity index is 610. The third-order valence-corrected chi connectivity index (χ3v) is 6.31. The van der Waals surface area contributed by atoms with Crippen molar-refractivity contribution in [2.75, 3.05) is 26.0 Å². The van der Waals surface area contributed by atoms with Gasteiger partial charge in [-0.3, -0.25) is 4.99 Å². The largest absolute Gasteiger partial charge is 0.496 e. The van der Waals surface area contributed by atoms with Crippen molar-refractivity contribution in [3.63, 3.8) is 0 Å². The summed E-state index contributed by atoms with van der Waals surface area (Å²) >= 11 is 1.83. The van der Waals surface area contributed by atoms with Gasteiger partial charge in [-0.25, -0.2) is 0 Å². The van der Waals surface area contributed by atoms with Crippen molar-refractivity contribution in [1.29, 1.82) is 0 Å². The van der Waals surface area contributed by atoms with Gasteiger partial charge in [0.05, 0.1) is 25.4 Å². The van der Waals surface area contributed by atoms with Crippen LogP contribution in [-0.4, -0.2) is 50.2 Å². The molecule has 5 nitrogen and oxygen atoms in total. The van der Waals surface area contributed by atoms with E-state index in [4.69, 9.17) is 14.5 Å². The molecule has 0 amide bonds. The Morgan fingerprint density at radius 1 is 1.38 bits per heavy atom. The van der Waals surface area contributed by atoms with Crippen LogP contribution in [0.15, 0.2) is 34.2 Å². The van der Waals surface area contributed by atoms with Crippen LogP contribution in [0.5, 0.6) is 5.75 Å². The van der Waals surface area contributed by atoms with E-state index in [9.17, 15) is 0 Å². The predicted molar refractivity (Wildman–Crippen MR) is 108 cm³/mol. The van der Waals surface area contributed by atoms with Crippen LogP contribution < -0.4 is 15.4 Å². The fourth-order valence-electron chi connectivity index (χ4n) is 3.56. The second kappa shape index (κ2) is 9.51. The number of nitrogens with zero attached hydrogens (tertiary/aromatic N) is 1. The molecule has 4 unspecified atom stereocenters. The number of methoxy groups -OCH3 is 1. The molecule has 2 aliphatic heterocycles. The number of fused-ring (bicyclic) bond motifs is 2. The van der Waals surface area contributed by atoms with Crippen molar-refractivity contribution >= 4 is 17.7 Å². The lowest BCUT2D eigenvalue weighted by molar-refractivity contribution is 0.0992. The van der Waals surface area contributed by atoms with Crippen molar-refractivity contribution in [3.8, 4) is 5.75 Å². The molecule has 2 heterocycles. The Hall–Kier alpha value is -1.40. The van der Waals surface area contributed by atoms with Crippen molar-refractivity contribution in [3.05, 3.63) is 24.3 Å². The number of benzene rings is 1. The smallest absolute Gasteiger partial charge is 0.191 e. The zero-order valence-corrected chi connectivity index (χ0v) is 16.8. The van der Waals surface area contributed by atoms with E-state index in [-0.39, 0.29) is 0 Å². The molecule has 2 N–H and O–H groups in total. The molecule has 2 saturated heterocycles. The van der Waals surface area contributed by atoms with E-state index in [0.29, 0.717) is 24.2 Å². The zero-order chi connectivity index (χ0) is 18.4. The van der Waals surface area contributed by atoms with Gasteiger partial charge in [0.2, 0.25) is 0 Å². The van der Waals surface area contributed by atoms with Gasteiger partial charge in [0.25, 0.3) is 0 Å². The van der Waals surface area contributed by atoms with Gasteiger partial charge in [-0.1, -0.05) is 19.1 Å². The molecule has 0 aliphatic carbocycles. The molecule has 3 rings (SSSR count). The Labute approximate surface area is 161 Å². The number of para-hydroxylation sites is 1. The van der Waals surface area contributed by atoms with Gasteiger partial charge in [0, 0.05) is 23.7 Å². The van der Waals surface area contributed by atoms with Crippen LogP contribution >= 0.6 is 11.8 Å². The lowest BCUT2D eigenvalue weighted by Gasteiger charge is -2.23. The van der Waals surface area contributed by atoms with E-state index >= 15 is 0 Å². The van der Waals surface area contributed by atoms with Crippen molar-refractivity contribution in [2.45, 2.75) is 56.3 Å². The van der Waals surface area contributed by atoms with Gasteiger partial charge in [0.1, 0.15) is 5.75 Å². The molecule has 0 saturated carbocycles. The summed E-state index contributed by atoms with van der Waals surface area (Å²) < 4.78 is 11.4. The zero-order valence-electron chi connectivity index (χ0n) is 16.0. The molecule has 144 valence electrons. The first kappa shape index (κ1) is 19.4. The fourth-order valence-corrected chi connectivity index (χ4v) is 4.59. The Balaban J connectivity index is 1.48. The summed E-state index contributed by atoms with van der Waals surface area (Å²) in [5.41, 5.74) is 0.